The Bertz CT molecular complexity index is 705. The summed E-state index contributed by atoms with van der Waals surface area (Å²) in [7, 11) is 0. The maximum atomic E-state index is 12.3. The smallest absolute Gasteiger partial charge is 0.309 e. The molecule has 164 valence electrons. The molecule has 2 heterocycles. The number of hydrogen-bond acceptors (Lipinski definition) is 10. The lowest BCUT2D eigenvalue weighted by molar-refractivity contribution is -0.154. The summed E-state index contributed by atoms with van der Waals surface area (Å²) in [6, 6.07) is 0. The summed E-state index contributed by atoms with van der Waals surface area (Å²) in [5, 5.41) is 11.6. The predicted molar refractivity (Wildman–Crippen MR) is 105 cm³/mol. The van der Waals surface area contributed by atoms with Crippen LogP contribution in [0.5, 0.6) is 0 Å². The number of esters is 2. The Kier molecular flexibility index (Phi) is 6.96. The fourth-order valence-electron chi connectivity index (χ4n) is 3.61. The van der Waals surface area contributed by atoms with Gasteiger partial charge in [0.1, 0.15) is 13.2 Å². The van der Waals surface area contributed by atoms with Gasteiger partial charge in [0.05, 0.1) is 23.2 Å². The lowest BCUT2D eigenvalue weighted by Gasteiger charge is -2.26. The molecule has 1 saturated carbocycles. The van der Waals surface area contributed by atoms with Crippen molar-refractivity contribution in [2.45, 2.75) is 51.9 Å². The first-order chi connectivity index (χ1) is 14.3. The molecule has 2 atom stereocenters. The third-order valence-electron chi connectivity index (χ3n) is 5.45. The average molecular weight is 420 g/mol. The van der Waals surface area contributed by atoms with E-state index in [0.717, 1.165) is 0 Å². The molecule has 10 nitrogen and oxygen atoms in total. The van der Waals surface area contributed by atoms with Crippen molar-refractivity contribution in [3.63, 3.8) is 0 Å². The van der Waals surface area contributed by atoms with E-state index in [1.165, 1.54) is 13.8 Å². The van der Waals surface area contributed by atoms with E-state index in [1.54, 1.807) is 12.4 Å². The highest BCUT2D eigenvalue weighted by atomic mass is 16.5. The Morgan fingerprint density at radius 2 is 1.13 bits per heavy atom. The molecule has 0 spiro atoms. The minimum atomic E-state index is -0.473. The molecule has 1 fully saturated rings. The standard InChI is InChI=1S/C20H28N4O6/c1-11(25)17-21-7-15(23-17)9-29-19(27)13-3-5-14(6-4-13)20(28)30-10-16-8-22-18(24-16)12(2)26/h7-8,13-14,17-18,21-24H,3-6,9-10H2,1-2H3. The number of rotatable bonds is 8. The molecular formula is C20H28N4O6. The highest BCUT2D eigenvalue weighted by molar-refractivity contribution is 5.82. The fraction of sp³-hybridized carbons (Fsp3) is 0.600. The van der Waals surface area contributed by atoms with E-state index < -0.39 is 12.3 Å². The molecule has 0 saturated heterocycles. The normalized spacial score (nSPS) is 27.4. The third-order valence-corrected chi connectivity index (χ3v) is 5.45. The highest BCUT2D eigenvalue weighted by Crippen LogP contribution is 2.30. The van der Waals surface area contributed by atoms with Gasteiger partial charge in [0, 0.05) is 12.4 Å². The van der Waals surface area contributed by atoms with Gasteiger partial charge in [-0.1, -0.05) is 0 Å². The van der Waals surface area contributed by atoms with Crippen LogP contribution in [0.15, 0.2) is 23.8 Å². The van der Waals surface area contributed by atoms with Crippen molar-refractivity contribution in [3.05, 3.63) is 23.8 Å². The van der Waals surface area contributed by atoms with Crippen molar-refractivity contribution in [2.24, 2.45) is 11.8 Å². The zero-order chi connectivity index (χ0) is 21.7. The Morgan fingerprint density at radius 3 is 1.43 bits per heavy atom. The molecule has 30 heavy (non-hydrogen) atoms. The lowest BCUT2D eigenvalue weighted by Crippen LogP contribution is -2.39. The van der Waals surface area contributed by atoms with Gasteiger partial charge in [-0.05, 0) is 39.5 Å². The van der Waals surface area contributed by atoms with Gasteiger partial charge in [-0.2, -0.15) is 0 Å². The second-order valence-corrected chi connectivity index (χ2v) is 7.81. The molecule has 0 aromatic heterocycles. The Balaban J connectivity index is 1.33. The van der Waals surface area contributed by atoms with Crippen LogP contribution in [0, 0.1) is 11.8 Å². The van der Waals surface area contributed by atoms with Gasteiger partial charge >= 0.3 is 11.9 Å². The van der Waals surface area contributed by atoms with Crippen LogP contribution in [-0.4, -0.2) is 49.1 Å². The summed E-state index contributed by atoms with van der Waals surface area (Å²) in [4.78, 5) is 47.2. The van der Waals surface area contributed by atoms with Crippen molar-refractivity contribution in [1.82, 2.24) is 21.3 Å². The van der Waals surface area contributed by atoms with Gasteiger partial charge < -0.3 is 30.7 Å². The Labute approximate surface area is 174 Å². The average Bonchev–Trinajstić information content (AvgIpc) is 3.40. The molecule has 0 aromatic carbocycles. The van der Waals surface area contributed by atoms with E-state index in [4.69, 9.17) is 9.47 Å². The number of ketones is 2. The lowest BCUT2D eigenvalue weighted by atomic mass is 9.82. The monoisotopic (exact) mass is 420 g/mol. The zero-order valence-corrected chi connectivity index (χ0v) is 17.2. The van der Waals surface area contributed by atoms with Crippen molar-refractivity contribution in [1.29, 1.82) is 0 Å². The maximum absolute atomic E-state index is 12.3. The topological polar surface area (TPSA) is 135 Å². The van der Waals surface area contributed by atoms with Crippen molar-refractivity contribution in [2.75, 3.05) is 13.2 Å². The SMILES string of the molecule is CC(=O)C1NC=C(COC(=O)C2CCC(C(=O)OCC3=CNC(C(C)=O)N3)CC2)N1. The summed E-state index contributed by atoms with van der Waals surface area (Å²) in [6.45, 7) is 3.10. The quantitative estimate of drug-likeness (QED) is 0.390. The van der Waals surface area contributed by atoms with Gasteiger partial charge in [-0.25, -0.2) is 0 Å². The van der Waals surface area contributed by atoms with Gasteiger partial charge in [-0.15, -0.1) is 0 Å². The maximum Gasteiger partial charge on any atom is 0.309 e. The molecule has 3 aliphatic rings. The van der Waals surface area contributed by atoms with E-state index in [-0.39, 0.29) is 48.6 Å². The second-order valence-electron chi connectivity index (χ2n) is 7.81. The number of carbonyl (C=O) groups excluding carboxylic acids is 4. The summed E-state index contributed by atoms with van der Waals surface area (Å²) >= 11 is 0. The van der Waals surface area contributed by atoms with Crippen molar-refractivity contribution < 1.29 is 28.7 Å². The van der Waals surface area contributed by atoms with Crippen LogP contribution in [-0.2, 0) is 28.7 Å². The van der Waals surface area contributed by atoms with E-state index in [0.29, 0.717) is 37.1 Å². The van der Waals surface area contributed by atoms with E-state index in [2.05, 4.69) is 21.3 Å². The van der Waals surface area contributed by atoms with Gasteiger partial charge in [0.2, 0.25) is 0 Å². The van der Waals surface area contributed by atoms with Crippen LogP contribution < -0.4 is 21.3 Å². The van der Waals surface area contributed by atoms with Crippen LogP contribution >= 0.6 is 0 Å². The molecule has 4 N–H and O–H groups in total. The minimum absolute atomic E-state index is 0.0484. The molecular weight excluding hydrogens is 392 g/mol. The number of ether oxygens (including phenoxy) is 2. The summed E-state index contributed by atoms with van der Waals surface area (Å²) in [5.74, 6) is -1.17. The molecule has 0 radical (unpaired) electrons. The van der Waals surface area contributed by atoms with E-state index >= 15 is 0 Å². The predicted octanol–water partition coefficient (Wildman–Crippen LogP) is -0.222. The fourth-order valence-corrected chi connectivity index (χ4v) is 3.61. The molecule has 3 rings (SSSR count). The number of Topliss-reactive ketones (excluding diaryl/α,β-unsaturated/α-hetero) is 2. The highest BCUT2D eigenvalue weighted by Gasteiger charge is 2.32. The number of hydrogen-bond donors (Lipinski definition) is 4. The summed E-state index contributed by atoms with van der Waals surface area (Å²) in [5.41, 5.74) is 1.30. The molecule has 2 unspecified atom stereocenters. The Hall–Kier alpha value is -3.04. The number of carbonyl (C=O) groups is 4. The van der Waals surface area contributed by atoms with Gasteiger partial charge in [-0.3, -0.25) is 19.2 Å². The molecule has 10 heteroatoms. The summed E-state index contributed by atoms with van der Waals surface area (Å²) in [6.07, 6.45) is 4.58. The second kappa shape index (κ2) is 9.64. The largest absolute Gasteiger partial charge is 0.459 e. The first-order valence-corrected chi connectivity index (χ1v) is 10.1. The van der Waals surface area contributed by atoms with Crippen LogP contribution in [0.4, 0.5) is 0 Å². The van der Waals surface area contributed by atoms with Crippen molar-refractivity contribution in [3.8, 4) is 0 Å². The number of nitrogens with one attached hydrogen (secondary N) is 4. The van der Waals surface area contributed by atoms with E-state index in [1.807, 2.05) is 0 Å². The molecule has 0 bridgehead atoms. The Morgan fingerprint density at radius 1 is 0.767 bits per heavy atom. The molecule has 1 aliphatic carbocycles. The van der Waals surface area contributed by atoms with Gasteiger partial charge in [0.15, 0.2) is 23.9 Å². The van der Waals surface area contributed by atoms with Crippen LogP contribution in [0.2, 0.25) is 0 Å². The van der Waals surface area contributed by atoms with Crippen LogP contribution in [0.1, 0.15) is 39.5 Å². The van der Waals surface area contributed by atoms with E-state index in [9.17, 15) is 19.2 Å². The first-order valence-electron chi connectivity index (χ1n) is 10.1. The third kappa shape index (κ3) is 5.52. The van der Waals surface area contributed by atoms with Gasteiger partial charge in [0.25, 0.3) is 0 Å². The summed E-state index contributed by atoms with van der Waals surface area (Å²) < 4.78 is 10.7. The minimum Gasteiger partial charge on any atom is -0.459 e. The molecule has 0 amide bonds. The van der Waals surface area contributed by atoms with Crippen molar-refractivity contribution >= 4 is 23.5 Å². The molecule has 0 aromatic rings. The zero-order valence-electron chi connectivity index (χ0n) is 17.2. The first kappa shape index (κ1) is 21.7. The molecule has 2 aliphatic heterocycles. The van der Waals surface area contributed by atoms with Crippen LogP contribution in [0.25, 0.3) is 0 Å². The van der Waals surface area contributed by atoms with Crippen LogP contribution in [0.3, 0.4) is 0 Å².